The Balaban J connectivity index is 1.71. The van der Waals surface area contributed by atoms with E-state index < -0.39 is 0 Å². The molecular formula is C26H25N4O+. The van der Waals surface area contributed by atoms with Gasteiger partial charge in [0.15, 0.2) is 16.6 Å². The van der Waals surface area contributed by atoms with Crippen molar-refractivity contribution in [3.8, 4) is 0 Å². The van der Waals surface area contributed by atoms with Crippen molar-refractivity contribution in [1.82, 2.24) is 4.91 Å². The molecule has 0 fully saturated rings. The van der Waals surface area contributed by atoms with Crippen molar-refractivity contribution in [3.63, 3.8) is 0 Å². The van der Waals surface area contributed by atoms with Gasteiger partial charge in [-0.1, -0.05) is 56.3 Å². The van der Waals surface area contributed by atoms with Crippen LogP contribution in [0.1, 0.15) is 43.9 Å². The third kappa shape index (κ3) is 3.37. The number of fused-ring (bicyclic) bond motifs is 4. The number of nitrogens with zero attached hydrogens (tertiary/aromatic N) is 3. The summed E-state index contributed by atoms with van der Waals surface area (Å²) in [4.78, 5) is 17.1. The van der Waals surface area contributed by atoms with Crippen LogP contribution in [0.3, 0.4) is 0 Å². The smallest absolute Gasteiger partial charge is 0.222 e. The maximum absolute atomic E-state index is 13.4. The number of allylic oxidation sites excluding steroid dienone is 1. The molecule has 0 amide bonds. The molecule has 2 aliphatic rings. The predicted octanol–water partition coefficient (Wildman–Crippen LogP) is 6.38. The molecule has 0 aromatic heterocycles. The van der Waals surface area contributed by atoms with Crippen LogP contribution in [0.15, 0.2) is 76.5 Å². The number of rotatable bonds is 2. The van der Waals surface area contributed by atoms with Gasteiger partial charge in [0.25, 0.3) is 0 Å². The zero-order valence-electron chi connectivity index (χ0n) is 18.0. The highest BCUT2D eigenvalue weighted by Gasteiger charge is 2.40. The van der Waals surface area contributed by atoms with Crippen LogP contribution in [0, 0.1) is 5.41 Å². The van der Waals surface area contributed by atoms with Gasteiger partial charge in [-0.05, 0) is 51.9 Å². The summed E-state index contributed by atoms with van der Waals surface area (Å²) < 4.78 is 0. The fraction of sp³-hybridized carbons (Fsp3) is 0.269. The van der Waals surface area contributed by atoms with E-state index in [-0.39, 0.29) is 17.2 Å². The second-order valence-electron chi connectivity index (χ2n) is 9.10. The summed E-state index contributed by atoms with van der Waals surface area (Å²) >= 11 is 0. The Morgan fingerprint density at radius 3 is 2.55 bits per heavy atom. The summed E-state index contributed by atoms with van der Waals surface area (Å²) in [6, 6.07) is 20.4. The highest BCUT2D eigenvalue weighted by atomic mass is 16.1. The van der Waals surface area contributed by atoms with Crippen LogP contribution in [-0.2, 0) is 4.79 Å². The maximum Gasteiger partial charge on any atom is 0.222 e. The van der Waals surface area contributed by atoms with Crippen molar-refractivity contribution in [2.45, 2.75) is 32.7 Å². The lowest BCUT2D eigenvalue weighted by atomic mass is 9.68. The Labute approximate surface area is 181 Å². The standard InChI is InChI=1S/C26H24N4O/c1-26(2)14-20-23-19-7-5-4-6-16(19)10-13-21(23)28-25(24(20)22(31)15-26)17-8-11-18(12-9-17)29-30-27-3/h4-13,25H,14-15H2,1-3H3/p+1. The van der Waals surface area contributed by atoms with Crippen molar-refractivity contribution in [3.05, 3.63) is 77.4 Å². The molecule has 1 N–H and O–H groups in total. The van der Waals surface area contributed by atoms with Gasteiger partial charge in [0.2, 0.25) is 4.91 Å². The van der Waals surface area contributed by atoms with Crippen molar-refractivity contribution in [1.29, 1.82) is 0 Å². The van der Waals surface area contributed by atoms with Gasteiger partial charge < -0.3 is 5.32 Å². The van der Waals surface area contributed by atoms with E-state index in [4.69, 9.17) is 0 Å². The summed E-state index contributed by atoms with van der Waals surface area (Å²) in [7, 11) is 1.59. The summed E-state index contributed by atoms with van der Waals surface area (Å²) in [6.45, 7) is 4.38. The van der Waals surface area contributed by atoms with E-state index in [0.717, 1.165) is 28.9 Å². The van der Waals surface area contributed by atoms with Gasteiger partial charge in [-0.25, -0.2) is 0 Å². The number of nitrogens with one attached hydrogen (secondary N) is 1. The van der Waals surface area contributed by atoms with E-state index in [2.05, 4.69) is 70.7 Å². The van der Waals surface area contributed by atoms with Crippen molar-refractivity contribution in [2.24, 2.45) is 15.6 Å². The third-order valence-corrected chi connectivity index (χ3v) is 6.22. The zero-order valence-corrected chi connectivity index (χ0v) is 18.0. The van der Waals surface area contributed by atoms with Crippen LogP contribution in [-0.4, -0.2) is 12.8 Å². The van der Waals surface area contributed by atoms with Gasteiger partial charge >= 0.3 is 0 Å². The number of carbonyl (C=O) groups is 1. The molecule has 1 aliphatic carbocycles. The molecule has 1 aliphatic heterocycles. The molecule has 0 spiro atoms. The summed E-state index contributed by atoms with van der Waals surface area (Å²) in [6.07, 6.45) is 1.45. The maximum atomic E-state index is 13.4. The lowest BCUT2D eigenvalue weighted by molar-refractivity contribution is -0.118. The van der Waals surface area contributed by atoms with Crippen LogP contribution < -0.4 is 10.2 Å². The SMILES string of the molecule is CN=[N+]=Nc1ccc(C2Nc3ccc4ccccc4c3C3=C2C(=O)CC(C)(C)C3)cc1. The Morgan fingerprint density at radius 1 is 1.00 bits per heavy atom. The van der Waals surface area contributed by atoms with E-state index in [1.165, 1.54) is 21.9 Å². The molecule has 0 saturated carbocycles. The number of ketones is 1. The lowest BCUT2D eigenvalue weighted by Gasteiger charge is -2.40. The molecule has 1 atom stereocenters. The molecule has 154 valence electrons. The van der Waals surface area contributed by atoms with Gasteiger partial charge in [0.05, 0.1) is 6.04 Å². The Kier molecular flexibility index (Phi) is 4.57. The van der Waals surface area contributed by atoms with Gasteiger partial charge in [0, 0.05) is 23.2 Å². The van der Waals surface area contributed by atoms with Crippen molar-refractivity contribution in [2.75, 3.05) is 12.4 Å². The molecule has 5 heteroatoms. The van der Waals surface area contributed by atoms with Crippen LogP contribution in [0.5, 0.6) is 0 Å². The second-order valence-corrected chi connectivity index (χ2v) is 9.10. The van der Waals surface area contributed by atoms with Gasteiger partial charge in [-0.15, -0.1) is 0 Å². The van der Waals surface area contributed by atoms with E-state index in [1.807, 2.05) is 24.3 Å². The number of Topliss-reactive ketones (excluding diaryl/α,β-unsaturated/α-hetero) is 1. The van der Waals surface area contributed by atoms with Crippen LogP contribution in [0.25, 0.3) is 16.3 Å². The van der Waals surface area contributed by atoms with E-state index >= 15 is 0 Å². The average Bonchev–Trinajstić information content (AvgIpc) is 2.76. The Morgan fingerprint density at radius 2 is 1.77 bits per heavy atom. The molecule has 0 bridgehead atoms. The highest BCUT2D eigenvalue weighted by Crippen LogP contribution is 2.52. The fourth-order valence-electron chi connectivity index (χ4n) is 4.92. The molecule has 1 unspecified atom stereocenters. The molecule has 5 rings (SSSR count). The normalized spacial score (nSPS) is 19.2. The largest absolute Gasteiger partial charge is 0.373 e. The minimum Gasteiger partial charge on any atom is -0.373 e. The number of hydrogen-bond acceptors (Lipinski definition) is 4. The first-order chi connectivity index (χ1) is 15.0. The number of hydrogen-bond donors (Lipinski definition) is 1. The minimum absolute atomic E-state index is 0.0556. The Bertz CT molecular complexity index is 1290. The summed E-state index contributed by atoms with van der Waals surface area (Å²) in [5, 5.41) is 13.8. The van der Waals surface area contributed by atoms with Crippen LogP contribution in [0.2, 0.25) is 0 Å². The quantitative estimate of drug-likeness (QED) is 0.394. The summed E-state index contributed by atoms with van der Waals surface area (Å²) in [5.74, 6) is 0.232. The van der Waals surface area contributed by atoms with Crippen LogP contribution in [0.4, 0.5) is 11.4 Å². The Hall–Kier alpha value is -3.56. The molecule has 0 radical (unpaired) electrons. The van der Waals surface area contributed by atoms with Gasteiger partial charge in [-0.2, -0.15) is 0 Å². The lowest BCUT2D eigenvalue weighted by Crippen LogP contribution is -2.33. The zero-order chi connectivity index (χ0) is 21.6. The average molecular weight is 410 g/mol. The molecule has 1 heterocycles. The number of benzene rings is 3. The second kappa shape index (κ2) is 7.29. The molecule has 5 nitrogen and oxygen atoms in total. The first-order valence-electron chi connectivity index (χ1n) is 10.6. The topological polar surface area (TPSA) is 67.9 Å². The van der Waals surface area contributed by atoms with E-state index in [0.29, 0.717) is 6.42 Å². The predicted molar refractivity (Wildman–Crippen MR) is 124 cm³/mol. The molecule has 31 heavy (non-hydrogen) atoms. The molecule has 0 saturated heterocycles. The van der Waals surface area contributed by atoms with E-state index in [1.54, 1.807) is 7.05 Å². The van der Waals surface area contributed by atoms with Crippen LogP contribution >= 0.6 is 0 Å². The highest BCUT2D eigenvalue weighted by molar-refractivity contribution is 6.12. The first kappa shape index (κ1) is 19.4. The van der Waals surface area contributed by atoms with E-state index in [9.17, 15) is 4.79 Å². The third-order valence-electron chi connectivity index (χ3n) is 6.22. The van der Waals surface area contributed by atoms with Crippen molar-refractivity contribution < 1.29 is 4.79 Å². The van der Waals surface area contributed by atoms with Crippen molar-refractivity contribution >= 4 is 33.5 Å². The van der Waals surface area contributed by atoms with Gasteiger partial charge in [0.1, 0.15) is 12.2 Å². The molecular weight excluding hydrogens is 384 g/mol. The monoisotopic (exact) mass is 409 g/mol. The van der Waals surface area contributed by atoms with Gasteiger partial charge in [-0.3, -0.25) is 4.79 Å². The number of carbonyl (C=O) groups excluding carboxylic acids is 1. The molecule has 3 aromatic rings. The molecule has 3 aromatic carbocycles. The fourth-order valence-corrected chi connectivity index (χ4v) is 4.92. The summed E-state index contributed by atoms with van der Waals surface area (Å²) in [5.41, 5.74) is 6.09. The number of anilines is 1. The first-order valence-corrected chi connectivity index (χ1v) is 10.6. The minimum atomic E-state index is -0.172.